The van der Waals surface area contributed by atoms with E-state index in [-0.39, 0.29) is 63.1 Å². The van der Waals surface area contributed by atoms with Gasteiger partial charge in [-0.05, 0) is 175 Å². The number of benzene rings is 5. The third-order valence-electron chi connectivity index (χ3n) is 16.7. The van der Waals surface area contributed by atoms with Crippen molar-refractivity contribution in [1.82, 2.24) is 8.61 Å². The zero-order valence-corrected chi connectivity index (χ0v) is 59.6. The standard InChI is InChI=1S/C43H60N6O6S.C28H29Cl2N5O4S/c1-6-9-10-11-12-13-14-15-16-19-29-55-38-26-23-33(43(51)54-5)31-37(38)47-42(50)40(41-46-36-21-17-18-22-39(36)56(52,53)49(41)8-3)45-35-25-24-34(30-32(35)4)48(7-2)28-20-27-44;1-5-35(12-13-36)21-9-11-22(18(3)14-21)31-26(28(37)33-24-15-19(29)7-6-17(24)2)27-32-23-10-8-20(30)16-25(23)40(38,39)34(27)4/h23-26,30-31H,6-22,28-29H2,1-5H3,(H,47,50);6-11,14-16,36H,5,12-13H2,1-4H3,(H,33,37). The number of aliphatic hydroxyl groups excluding tert-OH is 1. The smallest absolute Gasteiger partial charge is 0.337 e. The van der Waals surface area contributed by atoms with Gasteiger partial charge in [0.05, 0.1) is 71.7 Å². The van der Waals surface area contributed by atoms with Crippen molar-refractivity contribution in [2.24, 2.45) is 20.0 Å². The van der Waals surface area contributed by atoms with Crippen molar-refractivity contribution in [3.8, 4) is 11.8 Å². The number of hydrogen-bond donors (Lipinski definition) is 3. The number of carbonyl (C=O) groups excluding carboxylic acids is 3. The number of halogens is 2. The van der Waals surface area contributed by atoms with Crippen molar-refractivity contribution < 1.29 is 45.8 Å². The number of aliphatic hydroxyl groups is 1. The second-order valence-corrected chi connectivity index (χ2v) is 28.2. The molecule has 0 aromatic heterocycles. The maximum atomic E-state index is 14.6. The van der Waals surface area contributed by atoms with Crippen LogP contribution in [0.25, 0.3) is 0 Å². The van der Waals surface area contributed by atoms with Crippen LogP contribution in [0.1, 0.15) is 151 Å². The van der Waals surface area contributed by atoms with Crippen molar-refractivity contribution >= 4 is 124 Å². The quantitative estimate of drug-likeness (QED) is 0.0220. The highest BCUT2D eigenvalue weighted by Gasteiger charge is 2.41. The number of fused-ring (bicyclic) bond motifs is 1. The summed E-state index contributed by atoms with van der Waals surface area (Å²) in [5.74, 6) is -1.81. The van der Waals surface area contributed by atoms with Gasteiger partial charge in [-0.1, -0.05) is 94.0 Å². The zero-order valence-electron chi connectivity index (χ0n) is 56.4. The van der Waals surface area contributed by atoms with Crippen LogP contribution in [0.15, 0.2) is 126 Å². The molecule has 0 spiro atoms. The average molecular weight is 1390 g/mol. The number of nitriles is 1. The molecule has 0 saturated carbocycles. The van der Waals surface area contributed by atoms with E-state index in [1.165, 1.54) is 83.4 Å². The fourth-order valence-electron chi connectivity index (χ4n) is 11.3. The fraction of sp³-hybridized carbons (Fsp3) is 0.437. The Bertz CT molecular complexity index is 4070. The number of amides is 2. The second-order valence-electron chi connectivity index (χ2n) is 23.5. The number of anilines is 4. The van der Waals surface area contributed by atoms with Crippen LogP contribution in [0.4, 0.5) is 39.8 Å². The maximum Gasteiger partial charge on any atom is 0.337 e. The van der Waals surface area contributed by atoms with Gasteiger partial charge < -0.3 is 35.0 Å². The van der Waals surface area contributed by atoms with Gasteiger partial charge in [-0.2, -0.15) is 5.26 Å². The number of ether oxygens (including phenoxy) is 2. The Kier molecular flexibility index (Phi) is 28.0. The van der Waals surface area contributed by atoms with Gasteiger partial charge in [0.1, 0.15) is 10.6 Å². The molecule has 21 nitrogen and oxygen atoms in total. The van der Waals surface area contributed by atoms with Crippen LogP contribution >= 0.6 is 23.2 Å². The Morgan fingerprint density at radius 2 is 1.24 bits per heavy atom. The molecule has 0 fully saturated rings. The minimum absolute atomic E-state index is 0.00729. The summed E-state index contributed by atoms with van der Waals surface area (Å²) in [5, 5.41) is 24.9. The number of carbonyl (C=O) groups is 3. The summed E-state index contributed by atoms with van der Waals surface area (Å²) < 4.78 is 68.2. The second kappa shape index (κ2) is 35.7. The summed E-state index contributed by atoms with van der Waals surface area (Å²) in [4.78, 5) is 64.1. The number of aliphatic imine (C=N–C) groups is 4. The van der Waals surface area contributed by atoms with Crippen molar-refractivity contribution in [2.45, 2.75) is 150 Å². The lowest BCUT2D eigenvalue weighted by Gasteiger charge is -2.32. The van der Waals surface area contributed by atoms with E-state index in [0.29, 0.717) is 90.5 Å². The van der Waals surface area contributed by atoms with Crippen LogP contribution in [-0.2, 0) is 34.4 Å². The third-order valence-corrected chi connectivity index (χ3v) is 21.0. The Morgan fingerprint density at radius 3 is 1.82 bits per heavy atom. The highest BCUT2D eigenvalue weighted by atomic mass is 35.5. The van der Waals surface area contributed by atoms with Crippen molar-refractivity contribution in [2.75, 3.05) is 80.5 Å². The van der Waals surface area contributed by atoms with Gasteiger partial charge in [0.2, 0.25) is 0 Å². The third kappa shape index (κ3) is 19.1. The summed E-state index contributed by atoms with van der Waals surface area (Å²) in [6.45, 7) is 16.3. The minimum Gasteiger partial charge on any atom is -0.491 e. The van der Waals surface area contributed by atoms with Crippen LogP contribution in [0.5, 0.6) is 5.75 Å². The van der Waals surface area contributed by atoms with Gasteiger partial charge in [-0.25, -0.2) is 45.9 Å². The van der Waals surface area contributed by atoms with Crippen LogP contribution in [-0.4, -0.2) is 132 Å². The molecule has 96 heavy (non-hydrogen) atoms. The first-order valence-electron chi connectivity index (χ1n) is 32.9. The van der Waals surface area contributed by atoms with E-state index in [2.05, 4.69) is 38.5 Å². The number of rotatable bonds is 30. The monoisotopic (exact) mass is 1390 g/mol. The Labute approximate surface area is 576 Å². The Balaban J connectivity index is 0.000000286. The first-order chi connectivity index (χ1) is 46.0. The molecule has 3 aliphatic rings. The van der Waals surface area contributed by atoms with Gasteiger partial charge in [0.25, 0.3) is 31.9 Å². The van der Waals surface area contributed by atoms with E-state index in [1.807, 2.05) is 63.8 Å². The van der Waals surface area contributed by atoms with Gasteiger partial charge in [0.15, 0.2) is 23.1 Å². The molecule has 25 heteroatoms. The largest absolute Gasteiger partial charge is 0.491 e. The van der Waals surface area contributed by atoms with Crippen molar-refractivity contribution in [3.05, 3.63) is 134 Å². The lowest BCUT2D eigenvalue weighted by molar-refractivity contribution is -0.111. The Morgan fingerprint density at radius 1 is 0.667 bits per heavy atom. The SMILES string of the molecule is CCCCCCCCCCCCOc1ccc(C(=O)OC)cc1NC(=O)C(=Nc1ccc(N(CC)CCC#N)cc1C)C1=NC2=C(CCCC2)S(=O)(=O)N1CC.CCN(CCO)c1ccc(N=C(C(=O)Nc2cc(Cl)ccc2C)C2=Nc3ccc(Cl)cc3S(=O)(=O)N2C)c(C)c1. The number of sulfonamides is 2. The molecule has 3 N–H and O–H groups in total. The molecule has 2 heterocycles. The molecule has 8 rings (SSSR count). The number of nitrogens with zero attached hydrogens (tertiary/aromatic N) is 9. The minimum atomic E-state index is -4.08. The molecule has 0 saturated heterocycles. The summed E-state index contributed by atoms with van der Waals surface area (Å²) in [5.41, 5.74) is 6.02. The topological polar surface area (TPSA) is 268 Å². The molecule has 514 valence electrons. The van der Waals surface area contributed by atoms with Gasteiger partial charge >= 0.3 is 5.97 Å². The lowest BCUT2D eigenvalue weighted by atomic mass is 10.0. The molecule has 5 aromatic carbocycles. The summed E-state index contributed by atoms with van der Waals surface area (Å²) >= 11 is 12.2. The summed E-state index contributed by atoms with van der Waals surface area (Å²) in [6.07, 6.45) is 14.6. The number of allylic oxidation sites excluding steroid dienone is 2. The van der Waals surface area contributed by atoms with Gasteiger partial charge in [0, 0.05) is 66.9 Å². The molecule has 0 atom stereocenters. The molecule has 2 amide bonds. The predicted molar refractivity (Wildman–Crippen MR) is 386 cm³/mol. The van der Waals surface area contributed by atoms with E-state index in [9.17, 15) is 36.3 Å². The van der Waals surface area contributed by atoms with E-state index in [4.69, 9.17) is 47.9 Å². The number of likely N-dealkylation sites (N-methyl/N-ethyl adjacent to an activating group) is 1. The zero-order chi connectivity index (χ0) is 69.7. The van der Waals surface area contributed by atoms with Crippen molar-refractivity contribution in [3.63, 3.8) is 0 Å². The molecular formula is C71H89Cl2N11O10S2. The number of unbranched alkanes of at least 4 members (excludes halogenated alkanes) is 9. The number of nitrogens with one attached hydrogen (secondary N) is 2. The normalized spacial score (nSPS) is 14.8. The molecule has 2 aliphatic heterocycles. The molecule has 0 bridgehead atoms. The summed E-state index contributed by atoms with van der Waals surface area (Å²) in [6, 6.07) is 27.4. The molecule has 1 aliphatic carbocycles. The van der Waals surface area contributed by atoms with Gasteiger partial charge in [-0.15, -0.1) is 0 Å². The molecular weight excluding hydrogens is 1300 g/mol. The van der Waals surface area contributed by atoms with Crippen LogP contribution in [0.2, 0.25) is 10.0 Å². The molecule has 0 unspecified atom stereocenters. The number of hydrogen-bond acceptors (Lipinski definition) is 17. The number of esters is 1. The molecule has 5 aromatic rings. The van der Waals surface area contributed by atoms with E-state index >= 15 is 0 Å². The lowest BCUT2D eigenvalue weighted by Crippen LogP contribution is -2.47. The van der Waals surface area contributed by atoms with Gasteiger partial charge in [-0.3, -0.25) is 13.9 Å². The molecule has 0 radical (unpaired) electrons. The van der Waals surface area contributed by atoms with Crippen molar-refractivity contribution in [1.29, 1.82) is 5.26 Å². The summed E-state index contributed by atoms with van der Waals surface area (Å²) in [7, 11) is -5.45. The number of aryl methyl sites for hydroxylation is 3. The average Bonchev–Trinajstić information content (AvgIpc) is 0.756. The van der Waals surface area contributed by atoms with E-state index in [1.54, 1.807) is 49.4 Å². The maximum absolute atomic E-state index is 14.6. The van der Waals surface area contributed by atoms with E-state index < -0.39 is 37.8 Å². The Hall–Kier alpha value is -8.14. The number of methoxy groups -OCH3 is 1. The predicted octanol–water partition coefficient (Wildman–Crippen LogP) is 14.9. The van der Waals surface area contributed by atoms with Crippen LogP contribution in [0, 0.1) is 32.1 Å². The fourth-order valence-corrected chi connectivity index (χ4v) is 14.8. The van der Waals surface area contributed by atoms with E-state index in [0.717, 1.165) is 68.8 Å². The first kappa shape index (κ1) is 75.2. The first-order valence-corrected chi connectivity index (χ1v) is 36.5. The highest BCUT2D eigenvalue weighted by molar-refractivity contribution is 7.93. The number of amidine groups is 2. The highest BCUT2D eigenvalue weighted by Crippen LogP contribution is 2.38. The van der Waals surface area contributed by atoms with Crippen LogP contribution < -0.4 is 25.2 Å². The van der Waals surface area contributed by atoms with Crippen LogP contribution in [0.3, 0.4) is 0 Å².